The fourth-order valence-corrected chi connectivity index (χ4v) is 6.14. The third kappa shape index (κ3) is 9.45. The topological polar surface area (TPSA) is 115 Å². The summed E-state index contributed by atoms with van der Waals surface area (Å²) < 4.78 is 14.9. The Morgan fingerprint density at radius 2 is 1.65 bits per heavy atom. The number of hydrogen-bond acceptors (Lipinski definition) is 6. The number of hydrogen-bond donors (Lipinski definition) is 3. The molecule has 3 N–H and O–H groups in total. The lowest BCUT2D eigenvalue weighted by Crippen LogP contribution is -2.39. The molecule has 5 rings (SSSR count). The zero-order valence-corrected chi connectivity index (χ0v) is 28.7. The van der Waals surface area contributed by atoms with Crippen LogP contribution in [0.25, 0.3) is 11.1 Å². The van der Waals surface area contributed by atoms with Gasteiger partial charge in [-0.25, -0.2) is 4.98 Å². The molecule has 48 heavy (non-hydrogen) atoms. The largest absolute Gasteiger partial charge is 0.392 e. The molecule has 0 radical (unpaired) electrons. The van der Waals surface area contributed by atoms with Gasteiger partial charge in [-0.1, -0.05) is 103 Å². The van der Waals surface area contributed by atoms with E-state index in [1.807, 2.05) is 66.7 Å². The molecule has 2 amide bonds. The van der Waals surface area contributed by atoms with Crippen molar-refractivity contribution < 1.29 is 24.2 Å². The van der Waals surface area contributed by atoms with Crippen molar-refractivity contribution in [3.8, 4) is 11.1 Å². The summed E-state index contributed by atoms with van der Waals surface area (Å²) in [6.45, 7) is 5.11. The first-order chi connectivity index (χ1) is 23.2. The fraction of sp³-hybridized carbons (Fsp3) is 0.378. The van der Waals surface area contributed by atoms with Crippen molar-refractivity contribution in [2.45, 2.75) is 77.7 Å². The van der Waals surface area contributed by atoms with Gasteiger partial charge in [0.1, 0.15) is 5.15 Å². The van der Waals surface area contributed by atoms with E-state index in [-0.39, 0.29) is 41.7 Å². The van der Waals surface area contributed by atoms with Crippen molar-refractivity contribution in [2.24, 2.45) is 5.92 Å². The number of unbranched alkanes of at least 4 members (excludes halogenated alkanes) is 2. The molecule has 4 aromatic rings. The van der Waals surface area contributed by atoms with E-state index >= 15 is 0 Å². The maximum absolute atomic E-state index is 12.4. The average molecular weight is 694 g/mol. The molecule has 0 saturated carbocycles. The third-order valence-electron chi connectivity index (χ3n) is 8.62. The van der Waals surface area contributed by atoms with Crippen LogP contribution in [0.4, 0.5) is 0 Å². The van der Waals surface area contributed by atoms with Crippen LogP contribution in [0.3, 0.4) is 0 Å². The molecule has 2 heterocycles. The minimum Gasteiger partial charge on any atom is -0.392 e. The second-order valence-electron chi connectivity index (χ2n) is 12.2. The molecule has 11 heteroatoms. The summed E-state index contributed by atoms with van der Waals surface area (Å²) >= 11 is 12.5. The van der Waals surface area contributed by atoms with E-state index in [0.717, 1.165) is 52.6 Å². The minimum absolute atomic E-state index is 0.0189. The molecule has 1 saturated heterocycles. The second kappa shape index (κ2) is 17.1. The van der Waals surface area contributed by atoms with E-state index in [0.29, 0.717) is 31.2 Å². The van der Waals surface area contributed by atoms with E-state index in [1.165, 1.54) is 6.92 Å². The van der Waals surface area contributed by atoms with Crippen molar-refractivity contribution in [1.29, 1.82) is 0 Å². The highest BCUT2D eigenvalue weighted by Crippen LogP contribution is 2.42. The average Bonchev–Trinajstić information content (AvgIpc) is 3.42. The molecule has 1 aromatic heterocycles. The number of ether oxygens (including phenoxy) is 2. The quantitative estimate of drug-likeness (QED) is 0.121. The van der Waals surface area contributed by atoms with Crippen molar-refractivity contribution in [3.63, 3.8) is 0 Å². The van der Waals surface area contributed by atoms with Crippen LogP contribution in [-0.2, 0) is 38.8 Å². The Hall–Kier alpha value is -3.73. The molecule has 9 nitrogen and oxygen atoms in total. The van der Waals surface area contributed by atoms with Crippen LogP contribution >= 0.6 is 23.2 Å². The number of halogens is 2. The number of amides is 2. The predicted molar refractivity (Wildman–Crippen MR) is 186 cm³/mol. The molecule has 1 fully saturated rings. The molecule has 4 atom stereocenters. The van der Waals surface area contributed by atoms with Gasteiger partial charge in [-0.3, -0.25) is 9.59 Å². The Kier molecular flexibility index (Phi) is 12.7. The molecule has 254 valence electrons. The minimum atomic E-state index is -0.632. The van der Waals surface area contributed by atoms with Gasteiger partial charge in [-0.2, -0.15) is 0 Å². The summed E-state index contributed by atoms with van der Waals surface area (Å²) in [7, 11) is 0. The highest BCUT2D eigenvalue weighted by molar-refractivity contribution is 6.40. The second-order valence-corrected chi connectivity index (χ2v) is 12.9. The van der Waals surface area contributed by atoms with Crippen LogP contribution in [0.5, 0.6) is 0 Å². The highest BCUT2D eigenvalue weighted by atomic mass is 35.5. The summed E-state index contributed by atoms with van der Waals surface area (Å²) in [5.74, 6) is -0.0432. The number of aliphatic hydroxyl groups excluding tert-OH is 1. The van der Waals surface area contributed by atoms with Crippen LogP contribution in [0.2, 0.25) is 10.3 Å². The van der Waals surface area contributed by atoms with E-state index < -0.39 is 6.29 Å². The number of carbonyl (C=O) groups is 2. The number of nitrogens with zero attached hydrogens (tertiary/aromatic N) is 2. The highest BCUT2D eigenvalue weighted by Gasteiger charge is 2.38. The zero-order valence-electron chi connectivity index (χ0n) is 27.2. The van der Waals surface area contributed by atoms with E-state index in [4.69, 9.17) is 32.7 Å². The molecule has 0 spiro atoms. The Morgan fingerprint density at radius 1 is 0.896 bits per heavy atom. The monoisotopic (exact) mass is 692 g/mol. The van der Waals surface area contributed by atoms with Crippen molar-refractivity contribution >= 4 is 35.0 Å². The lowest BCUT2D eigenvalue weighted by atomic mass is 9.90. The van der Waals surface area contributed by atoms with Gasteiger partial charge in [0.15, 0.2) is 11.4 Å². The number of imidazole rings is 1. The van der Waals surface area contributed by atoms with Gasteiger partial charge in [-0.15, -0.1) is 0 Å². The molecule has 3 aromatic carbocycles. The predicted octanol–water partition coefficient (Wildman–Crippen LogP) is 7.15. The van der Waals surface area contributed by atoms with Gasteiger partial charge in [0, 0.05) is 37.9 Å². The van der Waals surface area contributed by atoms with Gasteiger partial charge in [0.05, 0.1) is 31.7 Å². The summed E-state index contributed by atoms with van der Waals surface area (Å²) in [5.41, 5.74) is 5.79. The molecule has 1 aliphatic heterocycles. The standard InChI is InChI=1S/C37H42Cl2N4O5/c1-24-32(21-43-23-42-35(38)36(43)39)47-37(48-34(24)29-12-10-26(22-44)11-13-29)30-16-14-28(15-17-30)31-8-6-7-27(19-31)20-41-33(46)9-4-3-5-18-40-25(2)45/h6-8,10-17,19,23-24,32,34,37,44H,3-5,9,18,20-22H2,1-2H3,(H,40,45)(H,41,46)/t24-,32+,34+,37+/m0/s1. The van der Waals surface area contributed by atoms with Gasteiger partial charge >= 0.3 is 0 Å². The lowest BCUT2D eigenvalue weighted by Gasteiger charge is -2.41. The number of nitrogens with one attached hydrogen (secondary N) is 2. The smallest absolute Gasteiger partial charge is 0.220 e. The van der Waals surface area contributed by atoms with E-state index in [9.17, 15) is 14.7 Å². The first-order valence-corrected chi connectivity index (χ1v) is 17.0. The first-order valence-electron chi connectivity index (χ1n) is 16.3. The normalized spacial score (nSPS) is 19.2. The lowest BCUT2D eigenvalue weighted by molar-refractivity contribution is -0.276. The number of benzene rings is 3. The van der Waals surface area contributed by atoms with Crippen LogP contribution < -0.4 is 10.6 Å². The third-order valence-corrected chi connectivity index (χ3v) is 9.39. The van der Waals surface area contributed by atoms with Crippen LogP contribution in [-0.4, -0.2) is 39.1 Å². The van der Waals surface area contributed by atoms with E-state index in [1.54, 1.807) is 10.9 Å². The van der Waals surface area contributed by atoms with Gasteiger partial charge < -0.3 is 29.8 Å². The Bertz CT molecular complexity index is 1660. The Balaban J connectivity index is 1.24. The molecule has 0 aliphatic carbocycles. The Labute approximate surface area is 291 Å². The van der Waals surface area contributed by atoms with Crippen LogP contribution in [0.1, 0.15) is 74.2 Å². The van der Waals surface area contributed by atoms with Gasteiger partial charge in [0.2, 0.25) is 11.8 Å². The molecular formula is C37H42Cl2N4O5. The zero-order chi connectivity index (χ0) is 34.0. The maximum atomic E-state index is 12.4. The summed E-state index contributed by atoms with van der Waals surface area (Å²) in [4.78, 5) is 27.5. The molecular weight excluding hydrogens is 651 g/mol. The fourth-order valence-electron chi connectivity index (χ4n) is 5.83. The first kappa shape index (κ1) is 35.6. The van der Waals surface area contributed by atoms with Crippen molar-refractivity contribution in [3.05, 3.63) is 112 Å². The van der Waals surface area contributed by atoms with Gasteiger partial charge in [0.25, 0.3) is 0 Å². The van der Waals surface area contributed by atoms with Crippen LogP contribution in [0, 0.1) is 5.92 Å². The number of aromatic nitrogens is 2. The van der Waals surface area contributed by atoms with Crippen LogP contribution in [0.15, 0.2) is 79.1 Å². The summed E-state index contributed by atoms with van der Waals surface area (Å²) in [5, 5.41) is 15.9. The number of carbonyl (C=O) groups excluding carboxylic acids is 2. The Morgan fingerprint density at radius 3 is 2.33 bits per heavy atom. The summed E-state index contributed by atoms with van der Waals surface area (Å²) in [6, 6.07) is 24.0. The van der Waals surface area contributed by atoms with Crippen molar-refractivity contribution in [2.75, 3.05) is 6.54 Å². The number of rotatable bonds is 14. The molecule has 1 aliphatic rings. The molecule has 0 bridgehead atoms. The summed E-state index contributed by atoms with van der Waals surface area (Å²) in [6.07, 6.45) is 3.46. The maximum Gasteiger partial charge on any atom is 0.220 e. The number of aliphatic hydroxyl groups is 1. The van der Waals surface area contributed by atoms with Crippen molar-refractivity contribution in [1.82, 2.24) is 20.2 Å². The van der Waals surface area contributed by atoms with Gasteiger partial charge in [-0.05, 0) is 46.7 Å². The molecule has 0 unspecified atom stereocenters. The van der Waals surface area contributed by atoms with E-state index in [2.05, 4.69) is 28.6 Å². The SMILES string of the molecule is CC(=O)NCCCCCC(=O)NCc1cccc(-c2ccc([C@@H]3O[C@H](Cn4cnc(Cl)c4Cl)[C@H](C)[C@H](c4ccc(CO)cc4)O3)cc2)c1.